The van der Waals surface area contributed by atoms with Gasteiger partial charge in [-0.05, 0) is 33.1 Å². The van der Waals surface area contributed by atoms with Gasteiger partial charge in [-0.3, -0.25) is 5.21 Å². The highest BCUT2D eigenvalue weighted by Crippen LogP contribution is 2.14. The average Bonchev–Trinajstić information content (AvgIpc) is 2.24. The molecule has 5 heteroatoms. The number of hydrogen-bond acceptors (Lipinski definition) is 4. The van der Waals surface area contributed by atoms with Gasteiger partial charge < -0.3 is 9.47 Å². The SMILES string of the molecule is COCC#CC(CC(C)C)N(O)C(=O)OC(C)(C)C. The molecule has 0 rings (SSSR count). The average molecular weight is 271 g/mol. The fraction of sp³-hybridized carbons (Fsp3) is 0.786. The summed E-state index contributed by atoms with van der Waals surface area (Å²) >= 11 is 0. The van der Waals surface area contributed by atoms with E-state index in [1.165, 1.54) is 7.11 Å². The molecule has 110 valence electrons. The predicted octanol–water partition coefficient (Wildman–Crippen LogP) is 2.68. The van der Waals surface area contributed by atoms with Crippen LogP contribution in [0.5, 0.6) is 0 Å². The lowest BCUT2D eigenvalue weighted by Gasteiger charge is -2.27. The van der Waals surface area contributed by atoms with Gasteiger partial charge in [0.1, 0.15) is 18.2 Å². The van der Waals surface area contributed by atoms with E-state index in [0.29, 0.717) is 17.4 Å². The minimum absolute atomic E-state index is 0.261. The Kier molecular flexibility index (Phi) is 7.50. The molecule has 0 spiro atoms. The Morgan fingerprint density at radius 1 is 1.37 bits per heavy atom. The molecule has 1 atom stereocenters. The maximum Gasteiger partial charge on any atom is 0.435 e. The van der Waals surface area contributed by atoms with Crippen molar-refractivity contribution in [1.82, 2.24) is 5.06 Å². The quantitative estimate of drug-likeness (QED) is 0.485. The van der Waals surface area contributed by atoms with Crippen molar-refractivity contribution in [2.45, 2.75) is 52.7 Å². The van der Waals surface area contributed by atoms with Gasteiger partial charge in [-0.1, -0.05) is 25.7 Å². The molecule has 0 radical (unpaired) electrons. The molecular weight excluding hydrogens is 246 g/mol. The van der Waals surface area contributed by atoms with Crippen molar-refractivity contribution in [3.05, 3.63) is 0 Å². The first kappa shape index (κ1) is 17.8. The van der Waals surface area contributed by atoms with Crippen LogP contribution in [0.1, 0.15) is 41.0 Å². The normalized spacial score (nSPS) is 12.6. The summed E-state index contributed by atoms with van der Waals surface area (Å²) in [7, 11) is 1.54. The number of methoxy groups -OCH3 is 1. The van der Waals surface area contributed by atoms with E-state index in [4.69, 9.17) is 9.47 Å². The summed E-state index contributed by atoms with van der Waals surface area (Å²) in [6.07, 6.45) is -0.225. The summed E-state index contributed by atoms with van der Waals surface area (Å²) in [4.78, 5) is 11.8. The Labute approximate surface area is 115 Å². The smallest absolute Gasteiger partial charge is 0.435 e. The van der Waals surface area contributed by atoms with E-state index in [1.807, 2.05) is 13.8 Å². The van der Waals surface area contributed by atoms with Crippen molar-refractivity contribution in [1.29, 1.82) is 0 Å². The second kappa shape index (κ2) is 8.03. The van der Waals surface area contributed by atoms with Gasteiger partial charge in [0.05, 0.1) is 0 Å². The lowest BCUT2D eigenvalue weighted by atomic mass is 10.0. The summed E-state index contributed by atoms with van der Waals surface area (Å²) < 4.78 is 9.93. The molecule has 0 aliphatic heterocycles. The van der Waals surface area contributed by atoms with E-state index in [-0.39, 0.29) is 6.61 Å². The van der Waals surface area contributed by atoms with Gasteiger partial charge in [0.2, 0.25) is 0 Å². The zero-order chi connectivity index (χ0) is 15.1. The standard InChI is InChI=1S/C14H25NO4/c1-11(2)10-12(8-7-9-18-6)15(17)13(16)19-14(3,4)5/h11-12,17H,9-10H2,1-6H3. The summed E-state index contributed by atoms with van der Waals surface area (Å²) in [5.41, 5.74) is -0.652. The molecule has 0 bridgehead atoms. The molecule has 0 aromatic heterocycles. The van der Waals surface area contributed by atoms with Gasteiger partial charge in [0.25, 0.3) is 0 Å². The van der Waals surface area contributed by atoms with Gasteiger partial charge in [-0.25, -0.2) is 4.79 Å². The highest BCUT2D eigenvalue weighted by Gasteiger charge is 2.26. The molecule has 1 unspecified atom stereocenters. The monoisotopic (exact) mass is 271 g/mol. The molecule has 0 aliphatic carbocycles. The second-order valence-electron chi connectivity index (χ2n) is 5.72. The summed E-state index contributed by atoms with van der Waals surface area (Å²) in [6, 6.07) is -0.593. The molecule has 0 aromatic rings. The van der Waals surface area contributed by atoms with Crippen LogP contribution in [-0.4, -0.2) is 41.7 Å². The largest absolute Gasteiger partial charge is 0.442 e. The van der Waals surface area contributed by atoms with Crippen LogP contribution in [0.25, 0.3) is 0 Å². The number of nitrogens with zero attached hydrogens (tertiary/aromatic N) is 1. The maximum absolute atomic E-state index is 11.8. The van der Waals surface area contributed by atoms with Crippen LogP contribution >= 0.6 is 0 Å². The summed E-state index contributed by atoms with van der Waals surface area (Å²) in [5.74, 6) is 5.87. The lowest BCUT2D eigenvalue weighted by Crippen LogP contribution is -2.41. The topological polar surface area (TPSA) is 59.0 Å². The first-order chi connectivity index (χ1) is 8.67. The first-order valence-electron chi connectivity index (χ1n) is 6.35. The third-order valence-corrected chi connectivity index (χ3v) is 2.06. The lowest BCUT2D eigenvalue weighted by molar-refractivity contribution is -0.111. The fourth-order valence-electron chi connectivity index (χ4n) is 1.33. The van der Waals surface area contributed by atoms with Crippen LogP contribution in [0.2, 0.25) is 0 Å². The summed E-state index contributed by atoms with van der Waals surface area (Å²) in [5, 5.41) is 10.5. The minimum Gasteiger partial charge on any atom is -0.442 e. The van der Waals surface area contributed by atoms with Crippen LogP contribution in [0.15, 0.2) is 0 Å². The van der Waals surface area contributed by atoms with Crippen molar-refractivity contribution < 1.29 is 19.5 Å². The molecule has 5 nitrogen and oxygen atoms in total. The van der Waals surface area contributed by atoms with Crippen molar-refractivity contribution in [2.24, 2.45) is 5.92 Å². The van der Waals surface area contributed by atoms with Gasteiger partial charge >= 0.3 is 6.09 Å². The van der Waals surface area contributed by atoms with E-state index in [9.17, 15) is 10.0 Å². The zero-order valence-corrected chi connectivity index (χ0v) is 12.7. The highest BCUT2D eigenvalue weighted by molar-refractivity contribution is 5.67. The Morgan fingerprint density at radius 2 is 1.95 bits per heavy atom. The minimum atomic E-state index is -0.787. The molecule has 0 fully saturated rings. The second-order valence-corrected chi connectivity index (χ2v) is 5.72. The molecule has 0 heterocycles. The van der Waals surface area contributed by atoms with E-state index < -0.39 is 17.7 Å². The number of carbonyl (C=O) groups is 1. The Bertz CT molecular complexity index is 336. The van der Waals surface area contributed by atoms with E-state index >= 15 is 0 Å². The van der Waals surface area contributed by atoms with E-state index in [2.05, 4.69) is 11.8 Å². The van der Waals surface area contributed by atoms with E-state index in [0.717, 1.165) is 0 Å². The van der Waals surface area contributed by atoms with Gasteiger partial charge in [-0.2, -0.15) is 5.06 Å². The summed E-state index contributed by atoms with van der Waals surface area (Å²) in [6.45, 7) is 9.48. The van der Waals surface area contributed by atoms with Crippen molar-refractivity contribution in [3.63, 3.8) is 0 Å². The van der Waals surface area contributed by atoms with Gasteiger partial charge in [0, 0.05) is 7.11 Å². The molecular formula is C14H25NO4. The van der Waals surface area contributed by atoms with Crippen LogP contribution in [-0.2, 0) is 9.47 Å². The number of ether oxygens (including phenoxy) is 2. The van der Waals surface area contributed by atoms with Crippen LogP contribution in [0.3, 0.4) is 0 Å². The molecule has 1 N–H and O–H groups in total. The number of rotatable bonds is 4. The van der Waals surface area contributed by atoms with Crippen LogP contribution in [0.4, 0.5) is 4.79 Å². The maximum atomic E-state index is 11.8. The number of hydrogen-bond donors (Lipinski definition) is 1. The number of amides is 1. The fourth-order valence-corrected chi connectivity index (χ4v) is 1.33. The molecule has 1 amide bonds. The molecule has 0 saturated carbocycles. The Hall–Kier alpha value is -1.25. The van der Waals surface area contributed by atoms with Crippen molar-refractivity contribution >= 4 is 6.09 Å². The highest BCUT2D eigenvalue weighted by atomic mass is 16.6. The van der Waals surface area contributed by atoms with Gasteiger partial charge in [0.15, 0.2) is 0 Å². The molecule has 0 aliphatic rings. The Balaban J connectivity index is 4.75. The molecule has 0 aromatic carbocycles. The predicted molar refractivity (Wildman–Crippen MR) is 72.8 cm³/mol. The van der Waals surface area contributed by atoms with E-state index in [1.54, 1.807) is 20.8 Å². The first-order valence-corrected chi connectivity index (χ1v) is 6.35. The van der Waals surface area contributed by atoms with Gasteiger partial charge in [-0.15, -0.1) is 0 Å². The van der Waals surface area contributed by atoms with Crippen LogP contribution in [0, 0.1) is 17.8 Å². The van der Waals surface area contributed by atoms with Crippen molar-refractivity contribution in [2.75, 3.05) is 13.7 Å². The third-order valence-electron chi connectivity index (χ3n) is 2.06. The van der Waals surface area contributed by atoms with Crippen molar-refractivity contribution in [3.8, 4) is 11.8 Å². The molecule has 19 heavy (non-hydrogen) atoms. The zero-order valence-electron chi connectivity index (χ0n) is 12.7. The van der Waals surface area contributed by atoms with Crippen LogP contribution < -0.4 is 0 Å². The molecule has 0 saturated heterocycles. The Morgan fingerprint density at radius 3 is 2.37 bits per heavy atom. The number of hydroxylamine groups is 2. The number of carbonyl (C=O) groups excluding carboxylic acids is 1. The third kappa shape index (κ3) is 8.46.